The van der Waals surface area contributed by atoms with E-state index in [0.29, 0.717) is 6.54 Å². The number of aryl methyl sites for hydroxylation is 1. The Morgan fingerprint density at radius 2 is 2.47 bits per heavy atom. The molecule has 0 radical (unpaired) electrons. The summed E-state index contributed by atoms with van der Waals surface area (Å²) in [6, 6.07) is 0. The zero-order valence-electron chi connectivity index (χ0n) is 9.22. The number of hydrogen-bond acceptors (Lipinski definition) is 4. The Kier molecular flexibility index (Phi) is 3.49. The molecule has 2 rings (SSSR count). The topological polar surface area (TPSA) is 88.4 Å². The lowest BCUT2D eigenvalue weighted by molar-refractivity contribution is -0.120. The fraction of sp³-hybridized carbons (Fsp3) is 0.400. The Bertz CT molecular complexity index is 438. The lowest BCUT2D eigenvalue weighted by Gasteiger charge is -2.04. The summed E-state index contributed by atoms with van der Waals surface area (Å²) in [7, 11) is 0. The molecule has 0 saturated heterocycles. The predicted octanol–water partition coefficient (Wildman–Crippen LogP) is -0.735. The third-order valence-corrected chi connectivity index (χ3v) is 2.34. The third-order valence-electron chi connectivity index (χ3n) is 2.34. The fourth-order valence-electron chi connectivity index (χ4n) is 1.48. The van der Waals surface area contributed by atoms with E-state index < -0.39 is 0 Å². The maximum Gasteiger partial charge on any atom is 0.268 e. The van der Waals surface area contributed by atoms with Gasteiger partial charge >= 0.3 is 0 Å². The van der Waals surface area contributed by atoms with E-state index in [2.05, 4.69) is 20.8 Å². The van der Waals surface area contributed by atoms with Gasteiger partial charge in [0.15, 0.2) is 0 Å². The standard InChI is InChI=1S/C10H13N5O2/c16-9-6-8(13-14-9)10(17)12-2-1-4-15-5-3-11-7-15/h3,5,7H,1-2,4,6H2,(H,12,17)(H,14,16). The molecule has 0 aliphatic carbocycles. The van der Waals surface area contributed by atoms with Crippen LogP contribution in [0.5, 0.6) is 0 Å². The normalized spacial score (nSPS) is 14.4. The second-order valence-electron chi connectivity index (χ2n) is 3.68. The Morgan fingerprint density at radius 1 is 1.59 bits per heavy atom. The summed E-state index contributed by atoms with van der Waals surface area (Å²) in [4.78, 5) is 26.2. The van der Waals surface area contributed by atoms with Gasteiger partial charge in [0.05, 0.1) is 12.7 Å². The van der Waals surface area contributed by atoms with Crippen LogP contribution in [0.25, 0.3) is 0 Å². The van der Waals surface area contributed by atoms with E-state index in [9.17, 15) is 9.59 Å². The van der Waals surface area contributed by atoms with Gasteiger partial charge in [-0.3, -0.25) is 9.59 Å². The van der Waals surface area contributed by atoms with Gasteiger partial charge in [-0.15, -0.1) is 0 Å². The number of amides is 2. The highest BCUT2D eigenvalue weighted by atomic mass is 16.2. The van der Waals surface area contributed by atoms with Crippen LogP contribution in [0.2, 0.25) is 0 Å². The minimum Gasteiger partial charge on any atom is -0.351 e. The van der Waals surface area contributed by atoms with E-state index in [-0.39, 0.29) is 23.9 Å². The molecule has 1 aliphatic heterocycles. The summed E-state index contributed by atoms with van der Waals surface area (Å²) in [5.41, 5.74) is 2.49. The molecule has 17 heavy (non-hydrogen) atoms. The number of rotatable bonds is 5. The molecule has 0 fully saturated rings. The van der Waals surface area contributed by atoms with Gasteiger partial charge < -0.3 is 9.88 Å². The van der Waals surface area contributed by atoms with Crippen LogP contribution in [0, 0.1) is 0 Å². The smallest absolute Gasteiger partial charge is 0.268 e. The van der Waals surface area contributed by atoms with Crippen molar-refractivity contribution in [3.63, 3.8) is 0 Å². The second-order valence-corrected chi connectivity index (χ2v) is 3.68. The van der Waals surface area contributed by atoms with Crippen LogP contribution < -0.4 is 10.7 Å². The Labute approximate surface area is 97.9 Å². The van der Waals surface area contributed by atoms with E-state index >= 15 is 0 Å². The van der Waals surface area contributed by atoms with Crippen molar-refractivity contribution in [1.29, 1.82) is 0 Å². The van der Waals surface area contributed by atoms with Gasteiger partial charge in [-0.25, -0.2) is 10.4 Å². The van der Waals surface area contributed by atoms with Crippen molar-refractivity contribution in [3.05, 3.63) is 18.7 Å². The first-order chi connectivity index (χ1) is 8.25. The highest BCUT2D eigenvalue weighted by Gasteiger charge is 2.20. The zero-order valence-corrected chi connectivity index (χ0v) is 9.22. The number of carbonyl (C=O) groups is 2. The van der Waals surface area contributed by atoms with E-state index in [1.807, 2.05) is 10.8 Å². The summed E-state index contributed by atoms with van der Waals surface area (Å²) in [6.45, 7) is 1.34. The number of nitrogens with zero attached hydrogens (tertiary/aromatic N) is 3. The minimum atomic E-state index is -0.283. The van der Waals surface area contributed by atoms with Crippen molar-refractivity contribution < 1.29 is 9.59 Å². The third kappa shape index (κ3) is 3.13. The first kappa shape index (κ1) is 11.3. The van der Waals surface area contributed by atoms with Gasteiger partial charge in [0.1, 0.15) is 5.71 Å². The van der Waals surface area contributed by atoms with Gasteiger partial charge in [-0.05, 0) is 6.42 Å². The molecule has 0 bridgehead atoms. The van der Waals surface area contributed by atoms with E-state index in [0.717, 1.165) is 13.0 Å². The van der Waals surface area contributed by atoms with Gasteiger partial charge in [0.2, 0.25) is 5.91 Å². The van der Waals surface area contributed by atoms with Crippen molar-refractivity contribution in [2.75, 3.05) is 6.54 Å². The number of hydrazone groups is 1. The van der Waals surface area contributed by atoms with Crippen LogP contribution in [-0.2, 0) is 16.1 Å². The Morgan fingerprint density at radius 3 is 3.12 bits per heavy atom. The molecule has 1 aliphatic rings. The first-order valence-corrected chi connectivity index (χ1v) is 5.35. The quantitative estimate of drug-likeness (QED) is 0.659. The molecule has 2 heterocycles. The summed E-state index contributed by atoms with van der Waals surface area (Å²) in [5.74, 6) is -0.525. The maximum atomic E-state index is 11.5. The highest BCUT2D eigenvalue weighted by Crippen LogP contribution is 1.95. The molecule has 0 saturated carbocycles. The lowest BCUT2D eigenvalue weighted by Crippen LogP contribution is -2.31. The monoisotopic (exact) mass is 235 g/mol. The Hall–Kier alpha value is -2.18. The molecule has 0 aromatic carbocycles. The van der Waals surface area contributed by atoms with Crippen LogP contribution in [0.1, 0.15) is 12.8 Å². The van der Waals surface area contributed by atoms with E-state index in [1.54, 1.807) is 12.5 Å². The van der Waals surface area contributed by atoms with Crippen LogP contribution in [0.4, 0.5) is 0 Å². The average molecular weight is 235 g/mol. The molecular formula is C10H13N5O2. The molecule has 0 spiro atoms. The van der Waals surface area contributed by atoms with Crippen LogP contribution >= 0.6 is 0 Å². The molecule has 1 aromatic rings. The van der Waals surface area contributed by atoms with Crippen molar-refractivity contribution >= 4 is 17.5 Å². The number of aromatic nitrogens is 2. The molecule has 1 aromatic heterocycles. The maximum absolute atomic E-state index is 11.5. The lowest BCUT2D eigenvalue weighted by atomic mass is 10.2. The van der Waals surface area contributed by atoms with Gasteiger partial charge in [0, 0.05) is 25.5 Å². The van der Waals surface area contributed by atoms with Crippen molar-refractivity contribution in [2.45, 2.75) is 19.4 Å². The first-order valence-electron chi connectivity index (χ1n) is 5.35. The van der Waals surface area contributed by atoms with Crippen molar-refractivity contribution in [2.24, 2.45) is 5.10 Å². The van der Waals surface area contributed by atoms with Gasteiger partial charge in [-0.2, -0.15) is 5.10 Å². The summed E-state index contributed by atoms with van der Waals surface area (Å²) in [6.07, 6.45) is 6.17. The van der Waals surface area contributed by atoms with Gasteiger partial charge in [-0.1, -0.05) is 0 Å². The fourth-order valence-corrected chi connectivity index (χ4v) is 1.48. The molecule has 7 heteroatoms. The molecule has 2 amide bonds. The molecule has 7 nitrogen and oxygen atoms in total. The molecule has 90 valence electrons. The van der Waals surface area contributed by atoms with Crippen LogP contribution in [-0.4, -0.2) is 33.6 Å². The number of hydrogen-bond donors (Lipinski definition) is 2. The molecule has 0 atom stereocenters. The van der Waals surface area contributed by atoms with Gasteiger partial charge in [0.25, 0.3) is 5.91 Å². The predicted molar refractivity (Wildman–Crippen MR) is 60.0 cm³/mol. The molecular weight excluding hydrogens is 222 g/mol. The second kappa shape index (κ2) is 5.24. The summed E-state index contributed by atoms with van der Waals surface area (Å²) in [5, 5.41) is 6.35. The average Bonchev–Trinajstić information content (AvgIpc) is 2.95. The Balaban J connectivity index is 1.65. The summed E-state index contributed by atoms with van der Waals surface area (Å²) >= 11 is 0. The number of carbonyl (C=O) groups excluding carboxylic acids is 2. The zero-order chi connectivity index (χ0) is 12.1. The van der Waals surface area contributed by atoms with Crippen LogP contribution in [0.15, 0.2) is 23.8 Å². The van der Waals surface area contributed by atoms with E-state index in [1.165, 1.54) is 0 Å². The minimum absolute atomic E-state index is 0.0629. The van der Waals surface area contributed by atoms with Crippen LogP contribution in [0.3, 0.4) is 0 Å². The van der Waals surface area contributed by atoms with Crippen molar-refractivity contribution in [1.82, 2.24) is 20.3 Å². The molecule has 2 N–H and O–H groups in total. The SMILES string of the molecule is O=C1CC(C(=O)NCCCn2ccnc2)=NN1. The molecule has 0 unspecified atom stereocenters. The number of nitrogens with one attached hydrogen (secondary N) is 2. The largest absolute Gasteiger partial charge is 0.351 e. The number of imidazole rings is 1. The highest BCUT2D eigenvalue weighted by molar-refractivity contribution is 6.43. The summed E-state index contributed by atoms with van der Waals surface area (Å²) < 4.78 is 1.93. The van der Waals surface area contributed by atoms with Crippen molar-refractivity contribution in [3.8, 4) is 0 Å². The van der Waals surface area contributed by atoms with E-state index in [4.69, 9.17) is 0 Å².